The van der Waals surface area contributed by atoms with E-state index in [-0.39, 0.29) is 0 Å². The average molecular weight is 191 g/mol. The van der Waals surface area contributed by atoms with Crippen LogP contribution in [0.25, 0.3) is 0 Å². The highest BCUT2D eigenvalue weighted by atomic mass is 14.8. The van der Waals surface area contributed by atoms with Crippen molar-refractivity contribution in [3.8, 4) is 0 Å². The molecule has 76 valence electrons. The Balaban J connectivity index is 2.32. The fourth-order valence-corrected chi connectivity index (χ4v) is 1.94. The Bertz CT molecular complexity index is 344. The Hall–Kier alpha value is -0.960. The third-order valence-corrected chi connectivity index (χ3v) is 2.87. The van der Waals surface area contributed by atoms with Crippen LogP contribution in [0.2, 0.25) is 0 Å². The lowest BCUT2D eigenvalue weighted by Crippen LogP contribution is -2.24. The number of rotatable bonds is 1. The van der Waals surface area contributed by atoms with Crippen LogP contribution < -0.4 is 5.73 Å². The van der Waals surface area contributed by atoms with E-state index in [1.807, 2.05) is 0 Å². The third kappa shape index (κ3) is 1.77. The van der Waals surface area contributed by atoms with Gasteiger partial charge in [-0.05, 0) is 24.7 Å². The molecule has 2 rings (SSSR count). The second-order valence-corrected chi connectivity index (χ2v) is 4.80. The van der Waals surface area contributed by atoms with Crippen molar-refractivity contribution >= 4 is 0 Å². The molecule has 0 atom stereocenters. The summed E-state index contributed by atoms with van der Waals surface area (Å²) in [7, 11) is 0. The first-order valence-electron chi connectivity index (χ1n) is 5.14. The maximum absolute atomic E-state index is 5.53. The van der Waals surface area contributed by atoms with E-state index in [0.717, 1.165) is 24.2 Å². The van der Waals surface area contributed by atoms with Crippen molar-refractivity contribution in [2.45, 2.75) is 39.7 Å². The first-order chi connectivity index (χ1) is 6.61. The molecule has 1 aliphatic carbocycles. The topological polar surface area (TPSA) is 51.8 Å². The summed E-state index contributed by atoms with van der Waals surface area (Å²) in [5.74, 6) is 0. The molecule has 1 heterocycles. The average Bonchev–Trinajstić information content (AvgIpc) is 2.16. The van der Waals surface area contributed by atoms with E-state index in [0.29, 0.717) is 12.0 Å². The number of aryl methyl sites for hydroxylation is 1. The van der Waals surface area contributed by atoms with Gasteiger partial charge >= 0.3 is 0 Å². The molecule has 0 spiro atoms. The summed E-state index contributed by atoms with van der Waals surface area (Å²) in [6, 6.07) is 0. The largest absolute Gasteiger partial charge is 0.325 e. The van der Waals surface area contributed by atoms with Crippen molar-refractivity contribution in [1.82, 2.24) is 9.97 Å². The predicted molar refractivity (Wildman–Crippen MR) is 55.7 cm³/mol. The quantitative estimate of drug-likeness (QED) is 0.731. The second-order valence-electron chi connectivity index (χ2n) is 4.80. The zero-order valence-corrected chi connectivity index (χ0v) is 8.88. The molecule has 3 heteroatoms. The highest BCUT2D eigenvalue weighted by Crippen LogP contribution is 2.32. The molecular formula is C11H17N3. The molecule has 1 aliphatic rings. The molecular weight excluding hydrogens is 174 g/mol. The van der Waals surface area contributed by atoms with Crippen LogP contribution in [0.5, 0.6) is 0 Å². The summed E-state index contributed by atoms with van der Waals surface area (Å²) >= 11 is 0. The normalized spacial score (nSPS) is 19.1. The van der Waals surface area contributed by atoms with Gasteiger partial charge in [-0.3, -0.25) is 9.97 Å². The number of hydrogen-bond donors (Lipinski definition) is 1. The molecule has 1 aromatic rings. The van der Waals surface area contributed by atoms with E-state index >= 15 is 0 Å². The van der Waals surface area contributed by atoms with Gasteiger partial charge in [0, 0.05) is 6.54 Å². The Labute approximate surface area is 84.8 Å². The van der Waals surface area contributed by atoms with Gasteiger partial charge in [-0.15, -0.1) is 0 Å². The summed E-state index contributed by atoms with van der Waals surface area (Å²) in [5.41, 5.74) is 9.15. The summed E-state index contributed by atoms with van der Waals surface area (Å²) < 4.78 is 0. The maximum atomic E-state index is 5.53. The monoisotopic (exact) mass is 191 g/mol. The molecule has 0 radical (unpaired) electrons. The van der Waals surface area contributed by atoms with Crippen LogP contribution in [0.4, 0.5) is 0 Å². The number of aromatic nitrogens is 2. The van der Waals surface area contributed by atoms with Gasteiger partial charge in [0.25, 0.3) is 0 Å². The van der Waals surface area contributed by atoms with E-state index in [2.05, 4.69) is 23.8 Å². The first kappa shape index (κ1) is 9.59. The van der Waals surface area contributed by atoms with Crippen molar-refractivity contribution < 1.29 is 0 Å². The lowest BCUT2D eigenvalue weighted by Gasteiger charge is -2.29. The van der Waals surface area contributed by atoms with E-state index in [4.69, 9.17) is 5.73 Å². The third-order valence-electron chi connectivity index (χ3n) is 2.87. The van der Waals surface area contributed by atoms with Gasteiger partial charge < -0.3 is 5.73 Å². The lowest BCUT2D eigenvalue weighted by atomic mass is 9.78. The number of fused-ring (bicyclic) bond motifs is 1. The minimum Gasteiger partial charge on any atom is -0.325 e. The summed E-state index contributed by atoms with van der Waals surface area (Å²) in [5, 5.41) is 0. The molecule has 1 aromatic heterocycles. The molecule has 0 unspecified atom stereocenters. The van der Waals surface area contributed by atoms with Crippen LogP contribution in [0, 0.1) is 5.41 Å². The Morgan fingerprint density at radius 3 is 2.93 bits per heavy atom. The predicted octanol–water partition coefficient (Wildman–Crippen LogP) is 1.45. The summed E-state index contributed by atoms with van der Waals surface area (Å²) in [4.78, 5) is 8.95. The van der Waals surface area contributed by atoms with Gasteiger partial charge in [0.05, 0.1) is 23.3 Å². The van der Waals surface area contributed by atoms with Crippen molar-refractivity contribution in [2.24, 2.45) is 11.1 Å². The molecule has 0 saturated heterocycles. The SMILES string of the molecule is CC1(C)CCc2nc(CN)cnc2C1. The van der Waals surface area contributed by atoms with Crippen LogP contribution in [0.3, 0.4) is 0 Å². The standard InChI is InChI=1S/C11H17N3/c1-11(2)4-3-9-10(5-11)13-7-8(6-12)14-9/h7H,3-6,12H2,1-2H3. The van der Waals surface area contributed by atoms with Crippen LogP contribution in [0.1, 0.15) is 37.4 Å². The van der Waals surface area contributed by atoms with Crippen LogP contribution in [-0.4, -0.2) is 9.97 Å². The molecule has 3 nitrogen and oxygen atoms in total. The van der Waals surface area contributed by atoms with Crippen LogP contribution in [-0.2, 0) is 19.4 Å². The lowest BCUT2D eigenvalue weighted by molar-refractivity contribution is 0.307. The summed E-state index contributed by atoms with van der Waals surface area (Å²) in [6.45, 7) is 5.06. The molecule has 0 fully saturated rings. The molecule has 0 amide bonds. The molecule has 0 aliphatic heterocycles. The highest BCUT2D eigenvalue weighted by molar-refractivity contribution is 5.19. The molecule has 0 saturated carbocycles. The highest BCUT2D eigenvalue weighted by Gasteiger charge is 2.26. The van der Waals surface area contributed by atoms with E-state index in [9.17, 15) is 0 Å². The van der Waals surface area contributed by atoms with Crippen molar-refractivity contribution in [1.29, 1.82) is 0 Å². The summed E-state index contributed by atoms with van der Waals surface area (Å²) in [6.07, 6.45) is 5.09. The van der Waals surface area contributed by atoms with E-state index in [1.165, 1.54) is 12.1 Å². The van der Waals surface area contributed by atoms with E-state index in [1.54, 1.807) is 6.20 Å². The fraction of sp³-hybridized carbons (Fsp3) is 0.636. The molecule has 0 aromatic carbocycles. The van der Waals surface area contributed by atoms with E-state index < -0.39 is 0 Å². The Kier molecular flexibility index (Phi) is 2.27. The van der Waals surface area contributed by atoms with Gasteiger partial charge in [0.15, 0.2) is 0 Å². The molecule has 2 N–H and O–H groups in total. The van der Waals surface area contributed by atoms with Crippen molar-refractivity contribution in [2.75, 3.05) is 0 Å². The van der Waals surface area contributed by atoms with Gasteiger partial charge in [-0.2, -0.15) is 0 Å². The molecule has 14 heavy (non-hydrogen) atoms. The number of nitrogens with two attached hydrogens (primary N) is 1. The van der Waals surface area contributed by atoms with Gasteiger partial charge in [0.2, 0.25) is 0 Å². The first-order valence-corrected chi connectivity index (χ1v) is 5.14. The minimum atomic E-state index is 0.381. The molecule has 0 bridgehead atoms. The van der Waals surface area contributed by atoms with Gasteiger partial charge in [-0.25, -0.2) is 0 Å². The number of hydrogen-bond acceptors (Lipinski definition) is 3. The van der Waals surface area contributed by atoms with Crippen LogP contribution >= 0.6 is 0 Å². The smallest absolute Gasteiger partial charge is 0.0725 e. The van der Waals surface area contributed by atoms with Gasteiger partial charge in [-0.1, -0.05) is 13.8 Å². The van der Waals surface area contributed by atoms with Crippen LogP contribution in [0.15, 0.2) is 6.20 Å². The maximum Gasteiger partial charge on any atom is 0.0725 e. The van der Waals surface area contributed by atoms with Crippen molar-refractivity contribution in [3.05, 3.63) is 23.3 Å². The number of nitrogens with zero attached hydrogens (tertiary/aromatic N) is 2. The Morgan fingerprint density at radius 2 is 2.21 bits per heavy atom. The zero-order chi connectivity index (χ0) is 10.2. The zero-order valence-electron chi connectivity index (χ0n) is 8.88. The Morgan fingerprint density at radius 1 is 1.43 bits per heavy atom. The van der Waals surface area contributed by atoms with Crippen molar-refractivity contribution in [3.63, 3.8) is 0 Å². The second kappa shape index (κ2) is 3.31. The van der Waals surface area contributed by atoms with Gasteiger partial charge in [0.1, 0.15) is 0 Å². The minimum absolute atomic E-state index is 0.381. The fourth-order valence-electron chi connectivity index (χ4n) is 1.94.